The molecule has 0 saturated carbocycles. The van der Waals surface area contributed by atoms with E-state index in [4.69, 9.17) is 10.4 Å². The van der Waals surface area contributed by atoms with Crippen LogP contribution in [0.5, 0.6) is 0 Å². The van der Waals surface area contributed by atoms with Gasteiger partial charge in [-0.1, -0.05) is 17.6 Å². The average molecular weight is 161 g/mol. The van der Waals surface area contributed by atoms with Gasteiger partial charge in [0.2, 0.25) is 0 Å². The maximum absolute atomic E-state index is 8.71. The van der Waals surface area contributed by atoms with E-state index in [0.717, 1.165) is 24.2 Å². The molecule has 0 bridgehead atoms. The number of anilines is 1. The van der Waals surface area contributed by atoms with E-state index in [1.54, 1.807) is 25.2 Å². The third kappa shape index (κ3) is 1.65. The van der Waals surface area contributed by atoms with Gasteiger partial charge in [0.15, 0.2) is 0 Å². The molecule has 0 spiro atoms. The SMILES string of the molecule is CNc1cc([B]O)ccc1C=N. The van der Waals surface area contributed by atoms with Crippen LogP contribution in [0.15, 0.2) is 18.2 Å². The summed E-state index contributed by atoms with van der Waals surface area (Å²) in [5.41, 5.74) is 2.38. The lowest BCUT2D eigenvalue weighted by molar-refractivity contribution is 0.615. The van der Waals surface area contributed by atoms with Gasteiger partial charge in [-0.05, 0) is 6.07 Å². The van der Waals surface area contributed by atoms with Crippen LogP contribution < -0.4 is 10.8 Å². The molecule has 4 heteroatoms. The van der Waals surface area contributed by atoms with E-state index in [-0.39, 0.29) is 0 Å². The van der Waals surface area contributed by atoms with Crippen molar-refractivity contribution in [3.63, 3.8) is 0 Å². The standard InChI is InChI=1S/C8H10BN2O/c1-11-8-4-7(9-12)3-2-6(8)5-10/h2-5,10-12H,1H3. The lowest BCUT2D eigenvalue weighted by Gasteiger charge is -2.05. The first-order valence-electron chi connectivity index (χ1n) is 3.61. The Labute approximate surface area is 72.2 Å². The second-order valence-electron chi connectivity index (χ2n) is 2.37. The van der Waals surface area contributed by atoms with E-state index >= 15 is 0 Å². The van der Waals surface area contributed by atoms with Gasteiger partial charge in [-0.25, -0.2) is 0 Å². The maximum Gasteiger partial charge on any atom is 0.326 e. The van der Waals surface area contributed by atoms with Gasteiger partial charge in [-0.2, -0.15) is 0 Å². The zero-order valence-electron chi connectivity index (χ0n) is 6.83. The molecule has 1 radical (unpaired) electrons. The highest BCUT2D eigenvalue weighted by Gasteiger charge is 1.99. The normalized spacial score (nSPS) is 9.17. The van der Waals surface area contributed by atoms with Crippen LogP contribution >= 0.6 is 0 Å². The van der Waals surface area contributed by atoms with Gasteiger partial charge in [0.05, 0.1) is 0 Å². The molecule has 1 rings (SSSR count). The van der Waals surface area contributed by atoms with E-state index < -0.39 is 0 Å². The van der Waals surface area contributed by atoms with Crippen LogP contribution in [-0.2, 0) is 0 Å². The van der Waals surface area contributed by atoms with Crippen molar-refractivity contribution in [2.75, 3.05) is 12.4 Å². The molecule has 61 valence electrons. The van der Waals surface area contributed by atoms with Crippen molar-refractivity contribution in [1.29, 1.82) is 5.41 Å². The fourth-order valence-corrected chi connectivity index (χ4v) is 0.997. The quantitative estimate of drug-likeness (QED) is 0.430. The first-order valence-corrected chi connectivity index (χ1v) is 3.61. The molecule has 0 unspecified atom stereocenters. The van der Waals surface area contributed by atoms with Crippen LogP contribution in [0.4, 0.5) is 5.69 Å². The van der Waals surface area contributed by atoms with Crippen molar-refractivity contribution >= 4 is 24.8 Å². The summed E-state index contributed by atoms with van der Waals surface area (Å²) >= 11 is 0. The van der Waals surface area contributed by atoms with Crippen LogP contribution in [0.25, 0.3) is 0 Å². The number of benzene rings is 1. The van der Waals surface area contributed by atoms with Gasteiger partial charge in [0.1, 0.15) is 0 Å². The number of rotatable bonds is 3. The molecule has 12 heavy (non-hydrogen) atoms. The summed E-state index contributed by atoms with van der Waals surface area (Å²) in [6.07, 6.45) is 1.27. The Morgan fingerprint density at radius 1 is 1.58 bits per heavy atom. The van der Waals surface area contributed by atoms with Gasteiger partial charge >= 0.3 is 7.48 Å². The minimum atomic E-state index is 0.727. The fourth-order valence-electron chi connectivity index (χ4n) is 0.997. The number of hydrogen-bond acceptors (Lipinski definition) is 3. The zero-order chi connectivity index (χ0) is 8.97. The number of nitrogens with one attached hydrogen (secondary N) is 2. The maximum atomic E-state index is 8.71. The molecular formula is C8H10BN2O. The lowest BCUT2D eigenvalue weighted by Crippen LogP contribution is -2.14. The van der Waals surface area contributed by atoms with Gasteiger partial charge < -0.3 is 15.8 Å². The van der Waals surface area contributed by atoms with Crippen molar-refractivity contribution in [3.05, 3.63) is 23.8 Å². The summed E-state index contributed by atoms with van der Waals surface area (Å²) in [4.78, 5) is 0. The molecule has 1 aromatic rings. The van der Waals surface area contributed by atoms with E-state index in [1.165, 1.54) is 6.21 Å². The Morgan fingerprint density at radius 3 is 2.83 bits per heavy atom. The second-order valence-corrected chi connectivity index (χ2v) is 2.37. The molecule has 3 N–H and O–H groups in total. The summed E-state index contributed by atoms with van der Waals surface area (Å²) in [6.45, 7) is 0. The van der Waals surface area contributed by atoms with Crippen LogP contribution in [0.3, 0.4) is 0 Å². The van der Waals surface area contributed by atoms with Gasteiger partial charge in [-0.15, -0.1) is 0 Å². The van der Waals surface area contributed by atoms with E-state index in [2.05, 4.69) is 5.32 Å². The van der Waals surface area contributed by atoms with Gasteiger partial charge in [-0.3, -0.25) is 0 Å². The first kappa shape index (κ1) is 8.81. The summed E-state index contributed by atoms with van der Waals surface area (Å²) in [7, 11) is 2.82. The van der Waals surface area contributed by atoms with Crippen molar-refractivity contribution in [3.8, 4) is 0 Å². The summed E-state index contributed by atoms with van der Waals surface area (Å²) in [6, 6.07) is 5.31. The van der Waals surface area contributed by atoms with Gasteiger partial charge in [0, 0.05) is 24.5 Å². The molecule has 0 saturated heterocycles. The van der Waals surface area contributed by atoms with Crippen LogP contribution in [0.2, 0.25) is 0 Å². The van der Waals surface area contributed by atoms with E-state index in [9.17, 15) is 0 Å². The van der Waals surface area contributed by atoms with Crippen molar-refractivity contribution in [1.82, 2.24) is 0 Å². The predicted octanol–water partition coefficient (Wildman–Crippen LogP) is -0.0372. The third-order valence-corrected chi connectivity index (χ3v) is 1.65. The molecule has 0 amide bonds. The lowest BCUT2D eigenvalue weighted by atomic mass is 9.87. The molecule has 0 fully saturated rings. The van der Waals surface area contributed by atoms with Crippen LogP contribution in [0.1, 0.15) is 5.56 Å². The van der Waals surface area contributed by atoms with Crippen LogP contribution in [0, 0.1) is 5.41 Å². The monoisotopic (exact) mass is 161 g/mol. The topological polar surface area (TPSA) is 56.1 Å². The smallest absolute Gasteiger partial charge is 0.326 e. The molecule has 1 aromatic carbocycles. The molecular weight excluding hydrogens is 151 g/mol. The highest BCUT2D eigenvalue weighted by atomic mass is 16.2. The third-order valence-electron chi connectivity index (χ3n) is 1.65. The van der Waals surface area contributed by atoms with Crippen LogP contribution in [-0.4, -0.2) is 25.8 Å². The summed E-state index contributed by atoms with van der Waals surface area (Å²) < 4.78 is 0. The molecule has 0 aromatic heterocycles. The molecule has 3 nitrogen and oxygen atoms in total. The van der Waals surface area contributed by atoms with Gasteiger partial charge in [0.25, 0.3) is 0 Å². The Bertz CT molecular complexity index is 288. The zero-order valence-corrected chi connectivity index (χ0v) is 6.83. The Balaban J connectivity index is 3.10. The Kier molecular flexibility index (Phi) is 2.88. The molecule has 0 aliphatic heterocycles. The van der Waals surface area contributed by atoms with E-state index in [0.29, 0.717) is 0 Å². The summed E-state index contributed by atoms with van der Waals surface area (Å²) in [5, 5.41) is 18.7. The summed E-state index contributed by atoms with van der Waals surface area (Å²) in [5.74, 6) is 0. The second kappa shape index (κ2) is 3.92. The predicted molar refractivity (Wildman–Crippen MR) is 51.5 cm³/mol. The highest BCUT2D eigenvalue weighted by molar-refractivity contribution is 6.45. The van der Waals surface area contributed by atoms with Crippen molar-refractivity contribution in [2.45, 2.75) is 0 Å². The minimum Gasteiger partial charge on any atom is -0.450 e. The average Bonchev–Trinajstić information content (AvgIpc) is 2.16. The fraction of sp³-hybridized carbons (Fsp3) is 0.125. The molecule has 0 atom stereocenters. The first-order chi connectivity index (χ1) is 5.81. The Hall–Kier alpha value is -1.29. The largest absolute Gasteiger partial charge is 0.450 e. The molecule has 0 aliphatic carbocycles. The molecule has 0 heterocycles. The number of hydrogen-bond donors (Lipinski definition) is 3. The van der Waals surface area contributed by atoms with Crippen molar-refractivity contribution < 1.29 is 5.02 Å². The minimum absolute atomic E-state index is 0.727. The molecule has 0 aliphatic rings. The highest BCUT2D eigenvalue weighted by Crippen LogP contribution is 2.09. The van der Waals surface area contributed by atoms with Crippen molar-refractivity contribution in [2.24, 2.45) is 0 Å². The Morgan fingerprint density at radius 2 is 2.33 bits per heavy atom. The van der Waals surface area contributed by atoms with E-state index in [1.807, 2.05) is 0 Å².